The van der Waals surface area contributed by atoms with Gasteiger partial charge in [0.15, 0.2) is 11.5 Å². The van der Waals surface area contributed by atoms with Crippen molar-refractivity contribution in [2.75, 3.05) is 20.3 Å². The number of hydrogen-bond acceptors (Lipinski definition) is 5. The number of nitriles is 1. The van der Waals surface area contributed by atoms with Gasteiger partial charge in [0.1, 0.15) is 6.61 Å². The third-order valence-electron chi connectivity index (χ3n) is 5.46. The Bertz CT molecular complexity index is 1180. The monoisotopic (exact) mass is 426 g/mol. The van der Waals surface area contributed by atoms with E-state index in [9.17, 15) is 9.90 Å². The highest BCUT2D eigenvalue weighted by atomic mass is 16.5. The van der Waals surface area contributed by atoms with E-state index in [1.165, 1.54) is 24.3 Å². The van der Waals surface area contributed by atoms with E-state index in [0.29, 0.717) is 11.1 Å². The summed E-state index contributed by atoms with van der Waals surface area (Å²) in [5.74, 6) is 0.152. The number of phenols is 1. The van der Waals surface area contributed by atoms with Gasteiger partial charge in [0.25, 0.3) is 0 Å². The molecule has 0 saturated carbocycles. The van der Waals surface area contributed by atoms with E-state index < -0.39 is 6.09 Å². The van der Waals surface area contributed by atoms with Gasteiger partial charge in [0.2, 0.25) is 0 Å². The lowest BCUT2D eigenvalue weighted by Crippen LogP contribution is -2.26. The highest BCUT2D eigenvalue weighted by molar-refractivity contribution is 5.79. The Morgan fingerprint density at radius 1 is 1.12 bits per heavy atom. The van der Waals surface area contributed by atoms with Gasteiger partial charge in [-0.25, -0.2) is 4.79 Å². The quantitative estimate of drug-likeness (QED) is 0.589. The number of nitrogens with zero attached hydrogens (tertiary/aromatic N) is 1. The molecule has 6 nitrogen and oxygen atoms in total. The fraction of sp³-hybridized carbons (Fsp3) is 0.154. The van der Waals surface area contributed by atoms with Crippen molar-refractivity contribution in [2.24, 2.45) is 0 Å². The van der Waals surface area contributed by atoms with Crippen molar-refractivity contribution in [1.29, 1.82) is 5.26 Å². The predicted octanol–water partition coefficient (Wildman–Crippen LogP) is 4.82. The van der Waals surface area contributed by atoms with E-state index in [-0.39, 0.29) is 30.6 Å². The summed E-state index contributed by atoms with van der Waals surface area (Å²) in [4.78, 5) is 12.2. The zero-order valence-electron chi connectivity index (χ0n) is 17.5. The van der Waals surface area contributed by atoms with E-state index in [1.54, 1.807) is 18.2 Å². The van der Waals surface area contributed by atoms with Crippen LogP contribution in [0.3, 0.4) is 0 Å². The number of rotatable bonds is 6. The molecule has 3 aromatic rings. The van der Waals surface area contributed by atoms with Crippen LogP contribution in [0.1, 0.15) is 28.2 Å². The van der Waals surface area contributed by atoms with Crippen LogP contribution in [0.25, 0.3) is 17.2 Å². The molecule has 0 spiro atoms. The normalized spacial score (nSPS) is 12.1. The molecule has 4 rings (SSSR count). The Balaban J connectivity index is 1.36. The van der Waals surface area contributed by atoms with Crippen LogP contribution in [0.15, 0.2) is 66.7 Å². The lowest BCUT2D eigenvalue weighted by molar-refractivity contribution is 0.144. The summed E-state index contributed by atoms with van der Waals surface area (Å²) < 4.78 is 10.6. The van der Waals surface area contributed by atoms with E-state index in [4.69, 9.17) is 14.7 Å². The van der Waals surface area contributed by atoms with E-state index >= 15 is 0 Å². The lowest BCUT2D eigenvalue weighted by Gasteiger charge is -2.14. The number of benzene rings is 3. The molecule has 0 saturated heterocycles. The maximum Gasteiger partial charge on any atom is 0.407 e. The summed E-state index contributed by atoms with van der Waals surface area (Å²) in [7, 11) is 1.42. The second-order valence-electron chi connectivity index (χ2n) is 7.34. The number of nitrogens with one attached hydrogen (secondary N) is 1. The number of methoxy groups -OCH3 is 1. The summed E-state index contributed by atoms with van der Waals surface area (Å²) >= 11 is 0. The molecule has 1 aliphatic rings. The maximum absolute atomic E-state index is 12.2. The van der Waals surface area contributed by atoms with Crippen molar-refractivity contribution in [3.05, 3.63) is 89.0 Å². The molecule has 0 bridgehead atoms. The number of phenolic OH excluding ortho intramolecular Hbond substituents is 1. The van der Waals surface area contributed by atoms with Crippen molar-refractivity contribution in [1.82, 2.24) is 5.32 Å². The molecule has 32 heavy (non-hydrogen) atoms. The Kier molecular flexibility index (Phi) is 6.09. The molecule has 0 atom stereocenters. The van der Waals surface area contributed by atoms with Gasteiger partial charge in [-0.05, 0) is 28.3 Å². The zero-order valence-corrected chi connectivity index (χ0v) is 17.5. The van der Waals surface area contributed by atoms with Gasteiger partial charge < -0.3 is 19.9 Å². The number of carbonyl (C=O) groups is 1. The number of alkyl carbamates (subject to hydrolysis) is 1. The van der Waals surface area contributed by atoms with Crippen LogP contribution in [0, 0.1) is 11.3 Å². The van der Waals surface area contributed by atoms with Gasteiger partial charge in [-0.3, -0.25) is 0 Å². The molecule has 0 unspecified atom stereocenters. The molecule has 1 amide bonds. The zero-order chi connectivity index (χ0) is 22.5. The van der Waals surface area contributed by atoms with Crippen LogP contribution >= 0.6 is 0 Å². The minimum atomic E-state index is -0.524. The van der Waals surface area contributed by atoms with Crippen LogP contribution in [-0.2, 0) is 4.74 Å². The second kappa shape index (κ2) is 9.27. The number of ether oxygens (including phenoxy) is 2. The first kappa shape index (κ1) is 21.0. The van der Waals surface area contributed by atoms with Crippen LogP contribution in [0.2, 0.25) is 0 Å². The number of fused-ring (bicyclic) bond motifs is 3. The van der Waals surface area contributed by atoms with E-state index in [0.717, 1.165) is 11.1 Å². The topological polar surface area (TPSA) is 91.6 Å². The Morgan fingerprint density at radius 2 is 1.78 bits per heavy atom. The smallest absolute Gasteiger partial charge is 0.407 e. The first-order chi connectivity index (χ1) is 15.6. The molecular formula is C26H22N2O4. The Morgan fingerprint density at radius 3 is 2.41 bits per heavy atom. The van der Waals surface area contributed by atoms with Crippen LogP contribution in [-0.4, -0.2) is 31.5 Å². The molecular weight excluding hydrogens is 404 g/mol. The number of carbonyl (C=O) groups excluding carboxylic acids is 1. The highest BCUT2D eigenvalue weighted by Crippen LogP contribution is 2.44. The molecule has 160 valence electrons. The molecule has 0 fully saturated rings. The SMILES string of the molecule is COc1cc(C#N)cc(C=CCNC(=O)OCC2c3ccccc3-c3ccccc32)c1O. The molecule has 3 aromatic carbocycles. The highest BCUT2D eigenvalue weighted by Gasteiger charge is 2.28. The minimum absolute atomic E-state index is 0.00169. The molecule has 0 aliphatic heterocycles. The number of hydrogen-bond donors (Lipinski definition) is 2. The number of amides is 1. The van der Waals surface area contributed by atoms with Crippen LogP contribution in [0.4, 0.5) is 4.79 Å². The fourth-order valence-corrected chi connectivity index (χ4v) is 3.95. The number of aromatic hydroxyl groups is 1. The first-order valence-electron chi connectivity index (χ1n) is 10.2. The van der Waals surface area contributed by atoms with Crippen LogP contribution in [0.5, 0.6) is 11.5 Å². The van der Waals surface area contributed by atoms with Gasteiger partial charge in [-0.2, -0.15) is 5.26 Å². The third-order valence-corrected chi connectivity index (χ3v) is 5.46. The summed E-state index contributed by atoms with van der Waals surface area (Å²) in [6.07, 6.45) is 2.75. The molecule has 2 N–H and O–H groups in total. The van der Waals surface area contributed by atoms with Crippen molar-refractivity contribution in [2.45, 2.75) is 5.92 Å². The third kappa shape index (κ3) is 4.14. The van der Waals surface area contributed by atoms with Crippen molar-refractivity contribution in [3.63, 3.8) is 0 Å². The average Bonchev–Trinajstić information content (AvgIpc) is 3.15. The van der Waals surface area contributed by atoms with Gasteiger partial charge in [0, 0.05) is 24.1 Å². The summed E-state index contributed by atoms with van der Waals surface area (Å²) in [5, 5.41) is 22.0. The summed E-state index contributed by atoms with van der Waals surface area (Å²) in [6.45, 7) is 0.445. The average molecular weight is 426 g/mol. The van der Waals surface area contributed by atoms with Crippen LogP contribution < -0.4 is 10.1 Å². The minimum Gasteiger partial charge on any atom is -0.504 e. The Labute approximate surface area is 186 Å². The molecule has 1 aliphatic carbocycles. The van der Waals surface area contributed by atoms with Gasteiger partial charge >= 0.3 is 6.09 Å². The molecule has 0 heterocycles. The lowest BCUT2D eigenvalue weighted by atomic mass is 9.98. The van der Waals surface area contributed by atoms with E-state index in [1.807, 2.05) is 30.3 Å². The standard InChI is InChI=1S/C26H22N2O4/c1-31-24-14-17(15-27)13-18(25(24)29)7-6-12-28-26(30)32-16-23-21-10-4-2-8-19(21)20-9-3-5-11-22(20)23/h2-11,13-14,23,29H,12,16H2,1H3,(H,28,30). The van der Waals surface area contributed by atoms with Crippen molar-refractivity contribution < 1.29 is 19.4 Å². The summed E-state index contributed by atoms with van der Waals surface area (Å²) in [6, 6.07) is 21.4. The fourth-order valence-electron chi connectivity index (χ4n) is 3.95. The predicted molar refractivity (Wildman–Crippen MR) is 121 cm³/mol. The van der Waals surface area contributed by atoms with Gasteiger partial charge in [-0.15, -0.1) is 0 Å². The second-order valence-corrected chi connectivity index (χ2v) is 7.34. The van der Waals surface area contributed by atoms with Crippen molar-refractivity contribution in [3.8, 4) is 28.7 Å². The Hall–Kier alpha value is -4.24. The first-order valence-corrected chi connectivity index (χ1v) is 10.2. The molecule has 0 radical (unpaired) electrons. The van der Waals surface area contributed by atoms with E-state index in [2.05, 4.69) is 29.6 Å². The van der Waals surface area contributed by atoms with Crippen molar-refractivity contribution >= 4 is 12.2 Å². The largest absolute Gasteiger partial charge is 0.504 e. The molecule has 6 heteroatoms. The van der Waals surface area contributed by atoms with Gasteiger partial charge in [-0.1, -0.05) is 60.7 Å². The molecule has 0 aromatic heterocycles. The van der Waals surface area contributed by atoms with Gasteiger partial charge in [0.05, 0.1) is 18.7 Å². The maximum atomic E-state index is 12.2. The summed E-state index contributed by atoms with van der Waals surface area (Å²) in [5.41, 5.74) is 5.45.